The predicted molar refractivity (Wildman–Crippen MR) is 74.1 cm³/mol. The van der Waals surface area contributed by atoms with Gasteiger partial charge in [-0.15, -0.1) is 6.58 Å². The first kappa shape index (κ1) is 12.6. The number of pyridine rings is 1. The molecule has 2 aromatic heterocycles. The number of H-pyrrole nitrogens is 1. The molecule has 4 nitrogen and oxygen atoms in total. The molecular formula is C14H19N3O. The summed E-state index contributed by atoms with van der Waals surface area (Å²) in [7, 11) is 3.64. The highest BCUT2D eigenvalue weighted by Crippen LogP contribution is 2.33. The maximum absolute atomic E-state index is 5.42. The van der Waals surface area contributed by atoms with E-state index in [4.69, 9.17) is 4.74 Å². The Morgan fingerprint density at radius 2 is 2.44 bits per heavy atom. The number of aromatic nitrogens is 2. The van der Waals surface area contributed by atoms with E-state index in [1.807, 2.05) is 25.4 Å². The Bertz CT molecular complexity index is 533. The Balaban J connectivity index is 2.46. The van der Waals surface area contributed by atoms with E-state index in [0.717, 1.165) is 29.7 Å². The molecule has 0 fully saturated rings. The summed E-state index contributed by atoms with van der Waals surface area (Å²) in [5.41, 5.74) is 2.06. The van der Waals surface area contributed by atoms with Gasteiger partial charge in [-0.1, -0.05) is 6.08 Å². The molecule has 0 saturated heterocycles. The molecule has 2 aromatic rings. The van der Waals surface area contributed by atoms with Gasteiger partial charge in [-0.3, -0.25) is 0 Å². The number of hydrogen-bond donors (Lipinski definition) is 2. The minimum Gasteiger partial charge on any atom is -0.496 e. The van der Waals surface area contributed by atoms with Gasteiger partial charge in [-0.25, -0.2) is 4.98 Å². The van der Waals surface area contributed by atoms with Crippen molar-refractivity contribution < 1.29 is 4.74 Å². The molecule has 0 aromatic carbocycles. The second kappa shape index (κ2) is 5.69. The van der Waals surface area contributed by atoms with Crippen LogP contribution in [0.3, 0.4) is 0 Å². The molecule has 2 rings (SSSR count). The molecule has 96 valence electrons. The number of ether oxygens (including phenoxy) is 1. The number of allylic oxidation sites excluding steroid dienone is 1. The zero-order chi connectivity index (χ0) is 13.0. The molecule has 0 amide bonds. The lowest BCUT2D eigenvalue weighted by atomic mass is 9.95. The zero-order valence-corrected chi connectivity index (χ0v) is 10.9. The van der Waals surface area contributed by atoms with Crippen molar-refractivity contribution in [2.75, 3.05) is 20.7 Å². The van der Waals surface area contributed by atoms with Gasteiger partial charge in [0.05, 0.1) is 12.5 Å². The van der Waals surface area contributed by atoms with Crippen LogP contribution in [0.25, 0.3) is 11.0 Å². The smallest absolute Gasteiger partial charge is 0.141 e. The number of nitrogens with one attached hydrogen (secondary N) is 2. The van der Waals surface area contributed by atoms with Crippen LogP contribution in [-0.4, -0.2) is 30.7 Å². The van der Waals surface area contributed by atoms with Crippen molar-refractivity contribution in [2.24, 2.45) is 0 Å². The lowest BCUT2D eigenvalue weighted by Crippen LogP contribution is -2.11. The molecule has 0 aliphatic carbocycles. The van der Waals surface area contributed by atoms with Crippen molar-refractivity contribution >= 4 is 11.0 Å². The molecule has 18 heavy (non-hydrogen) atoms. The molecule has 0 spiro atoms. The topological polar surface area (TPSA) is 49.9 Å². The fraction of sp³-hybridized carbons (Fsp3) is 0.357. The van der Waals surface area contributed by atoms with E-state index in [1.165, 1.54) is 5.56 Å². The Kier molecular flexibility index (Phi) is 3.99. The first-order chi connectivity index (χ1) is 8.81. The average Bonchev–Trinajstić information content (AvgIpc) is 2.84. The van der Waals surface area contributed by atoms with E-state index >= 15 is 0 Å². The first-order valence-electron chi connectivity index (χ1n) is 6.09. The van der Waals surface area contributed by atoms with E-state index in [1.54, 1.807) is 13.3 Å². The molecule has 1 atom stereocenters. The zero-order valence-electron chi connectivity index (χ0n) is 10.9. The van der Waals surface area contributed by atoms with E-state index < -0.39 is 0 Å². The van der Waals surface area contributed by atoms with Crippen LogP contribution in [0.1, 0.15) is 17.9 Å². The van der Waals surface area contributed by atoms with E-state index in [2.05, 4.69) is 21.9 Å². The summed E-state index contributed by atoms with van der Waals surface area (Å²) in [5.74, 6) is 1.15. The summed E-state index contributed by atoms with van der Waals surface area (Å²) in [6, 6.07) is 1.89. The monoisotopic (exact) mass is 245 g/mol. The van der Waals surface area contributed by atoms with E-state index in [-0.39, 0.29) is 0 Å². The number of methoxy groups -OCH3 is 1. The molecule has 0 aliphatic heterocycles. The fourth-order valence-electron chi connectivity index (χ4n) is 2.21. The standard InChI is InChI=1S/C14H19N3O/c1-4-10(5-7-15-2)11-9-17-14-13(11)12(18-3)6-8-16-14/h4,6,8-10,15H,1,5,7H2,2-3H3,(H,16,17)/t10-/m1/s1. The molecule has 0 radical (unpaired) electrons. The summed E-state index contributed by atoms with van der Waals surface area (Å²) < 4.78 is 5.42. The first-order valence-corrected chi connectivity index (χ1v) is 6.09. The van der Waals surface area contributed by atoms with Crippen molar-refractivity contribution in [1.29, 1.82) is 0 Å². The highest BCUT2D eigenvalue weighted by atomic mass is 16.5. The molecule has 2 N–H and O–H groups in total. The van der Waals surface area contributed by atoms with Crippen molar-refractivity contribution in [3.63, 3.8) is 0 Å². The summed E-state index contributed by atoms with van der Waals surface area (Å²) in [4.78, 5) is 7.52. The number of fused-ring (bicyclic) bond motifs is 1. The van der Waals surface area contributed by atoms with Crippen molar-refractivity contribution in [3.8, 4) is 5.75 Å². The van der Waals surface area contributed by atoms with Crippen LogP contribution in [0.4, 0.5) is 0 Å². The van der Waals surface area contributed by atoms with Gasteiger partial charge in [0, 0.05) is 18.3 Å². The van der Waals surface area contributed by atoms with E-state index in [0.29, 0.717) is 5.92 Å². The molecule has 0 bridgehead atoms. The summed E-state index contributed by atoms with van der Waals surface area (Å²) in [6.07, 6.45) is 6.73. The average molecular weight is 245 g/mol. The van der Waals surface area contributed by atoms with Gasteiger partial charge in [0.2, 0.25) is 0 Å². The molecule has 4 heteroatoms. The molecule has 2 heterocycles. The van der Waals surface area contributed by atoms with Crippen LogP contribution in [0.2, 0.25) is 0 Å². The van der Waals surface area contributed by atoms with Crippen molar-refractivity contribution in [3.05, 3.63) is 36.7 Å². The van der Waals surface area contributed by atoms with Crippen LogP contribution in [0.15, 0.2) is 31.1 Å². The summed E-state index contributed by atoms with van der Waals surface area (Å²) in [6.45, 7) is 4.88. The van der Waals surface area contributed by atoms with Crippen LogP contribution in [-0.2, 0) is 0 Å². The summed E-state index contributed by atoms with van der Waals surface area (Å²) in [5, 5.41) is 4.22. The van der Waals surface area contributed by atoms with Gasteiger partial charge in [-0.05, 0) is 31.6 Å². The van der Waals surface area contributed by atoms with E-state index in [9.17, 15) is 0 Å². The van der Waals surface area contributed by atoms with Crippen molar-refractivity contribution in [1.82, 2.24) is 15.3 Å². The Morgan fingerprint density at radius 3 is 3.11 bits per heavy atom. The van der Waals surface area contributed by atoms with Crippen LogP contribution in [0.5, 0.6) is 5.75 Å². The van der Waals surface area contributed by atoms with Crippen LogP contribution in [0, 0.1) is 0 Å². The highest BCUT2D eigenvalue weighted by molar-refractivity contribution is 5.87. The Hall–Kier alpha value is -1.81. The quantitative estimate of drug-likeness (QED) is 0.769. The van der Waals surface area contributed by atoms with Crippen LogP contribution < -0.4 is 10.1 Å². The van der Waals surface area contributed by atoms with Crippen LogP contribution >= 0.6 is 0 Å². The summed E-state index contributed by atoms with van der Waals surface area (Å²) >= 11 is 0. The third-order valence-electron chi connectivity index (χ3n) is 3.18. The fourth-order valence-corrected chi connectivity index (χ4v) is 2.21. The minimum atomic E-state index is 0.296. The highest BCUT2D eigenvalue weighted by Gasteiger charge is 2.16. The predicted octanol–water partition coefficient (Wildman–Crippen LogP) is 2.45. The van der Waals surface area contributed by atoms with Gasteiger partial charge < -0.3 is 15.0 Å². The number of hydrogen-bond acceptors (Lipinski definition) is 3. The number of aromatic amines is 1. The molecule has 0 saturated carbocycles. The third-order valence-corrected chi connectivity index (χ3v) is 3.18. The second-order valence-corrected chi connectivity index (χ2v) is 4.22. The maximum Gasteiger partial charge on any atom is 0.141 e. The van der Waals surface area contributed by atoms with Gasteiger partial charge in [0.1, 0.15) is 11.4 Å². The largest absolute Gasteiger partial charge is 0.496 e. The van der Waals surface area contributed by atoms with Gasteiger partial charge >= 0.3 is 0 Å². The lowest BCUT2D eigenvalue weighted by Gasteiger charge is -2.12. The third kappa shape index (κ3) is 2.24. The number of rotatable bonds is 6. The van der Waals surface area contributed by atoms with Gasteiger partial charge in [0.25, 0.3) is 0 Å². The normalized spacial score (nSPS) is 12.6. The molecular weight excluding hydrogens is 226 g/mol. The van der Waals surface area contributed by atoms with Gasteiger partial charge in [0.15, 0.2) is 0 Å². The second-order valence-electron chi connectivity index (χ2n) is 4.22. The molecule has 0 aliphatic rings. The van der Waals surface area contributed by atoms with Gasteiger partial charge in [-0.2, -0.15) is 0 Å². The maximum atomic E-state index is 5.42. The van der Waals surface area contributed by atoms with Crippen molar-refractivity contribution in [2.45, 2.75) is 12.3 Å². The lowest BCUT2D eigenvalue weighted by molar-refractivity contribution is 0.419. The molecule has 0 unspecified atom stereocenters. The SMILES string of the molecule is C=C[C@H](CCNC)c1c[nH]c2nccc(OC)c12. The number of nitrogens with zero attached hydrogens (tertiary/aromatic N) is 1. The Labute approximate surface area is 107 Å². The Morgan fingerprint density at radius 1 is 1.61 bits per heavy atom. The minimum absolute atomic E-state index is 0.296.